The third-order valence-electron chi connectivity index (χ3n) is 9.62. The first-order chi connectivity index (χ1) is 26.9. The summed E-state index contributed by atoms with van der Waals surface area (Å²) < 4.78 is 0. The number of nitrogens with two attached hydrogens (primary N) is 1. The number of phenols is 1. The molecule has 3 rings (SSSR count). The summed E-state index contributed by atoms with van der Waals surface area (Å²) in [5, 5.41) is 36.5. The molecule has 1 heterocycles. The van der Waals surface area contributed by atoms with E-state index >= 15 is 0 Å². The van der Waals surface area contributed by atoms with Gasteiger partial charge in [0, 0.05) is 32.4 Å². The molecule has 2 aromatic rings. The summed E-state index contributed by atoms with van der Waals surface area (Å²) in [5.74, 6) is -3.48. The van der Waals surface area contributed by atoms with E-state index in [4.69, 9.17) is 5.73 Å². The van der Waals surface area contributed by atoms with Gasteiger partial charge in [-0.25, -0.2) is 0 Å². The predicted octanol–water partition coefficient (Wildman–Crippen LogP) is -1.71. The first-order valence-corrected chi connectivity index (χ1v) is 19.2. The molecule has 0 saturated carbocycles. The standard InChI is InChI=1S/C39H60N10O7/c1-41-16-6-10-29(36(53)46-28(35(40)52)13-15-34(51)45-19-18-43-3)48-39(56)32-21-24-8-5-9-25(20-24)26-12-14-33(50)27(22-26)23-31(44-4)38(55)47-30(37(54)49-32)11-7-17-42-2/h5,8-9,12,14,20,22,28-32,41-44,50H,6-7,10-11,13,15-19,21,23H2,1-4H3,(H2,40,52)(H,45,51)(H,46,53)(H,47,55)(H,48,56)(H,49,54)/t28-,29+,30-,31-,32-/m0/s1. The molecule has 308 valence electrons. The smallest absolute Gasteiger partial charge is 0.243 e. The number of rotatable bonds is 20. The third-order valence-corrected chi connectivity index (χ3v) is 9.62. The number of amides is 6. The molecule has 0 unspecified atom stereocenters. The van der Waals surface area contributed by atoms with Crippen molar-refractivity contribution in [1.29, 1.82) is 0 Å². The van der Waals surface area contributed by atoms with E-state index in [0.29, 0.717) is 50.1 Å². The molecule has 5 atom stereocenters. The van der Waals surface area contributed by atoms with Crippen LogP contribution in [0.2, 0.25) is 0 Å². The van der Waals surface area contributed by atoms with Crippen LogP contribution in [0.5, 0.6) is 5.75 Å². The summed E-state index contributed by atoms with van der Waals surface area (Å²) in [5.41, 5.74) is 8.42. The SMILES string of the molecule is CNCCC[C@@H]1NC(=O)[C@@H](NC)Cc2cc(ccc2O)-c2cccc(c2)C[C@@H](C(=O)N[C@H](CCCNC)C(=O)N[C@@H](CCC(=O)NCCNC)C(N)=O)NC1=O. The van der Waals surface area contributed by atoms with Gasteiger partial charge < -0.3 is 58.7 Å². The van der Waals surface area contributed by atoms with Gasteiger partial charge in [-0.15, -0.1) is 0 Å². The number of fused-ring (bicyclic) bond motifs is 5. The zero-order valence-corrected chi connectivity index (χ0v) is 32.9. The summed E-state index contributed by atoms with van der Waals surface area (Å²) in [6.45, 7) is 2.05. The molecular weight excluding hydrogens is 720 g/mol. The number of likely N-dealkylation sites (N-methyl/N-ethyl adjacent to an activating group) is 2. The Hall–Kier alpha value is -5.10. The largest absolute Gasteiger partial charge is 0.508 e. The second-order valence-corrected chi connectivity index (χ2v) is 13.9. The number of aromatic hydroxyl groups is 1. The fourth-order valence-corrected chi connectivity index (χ4v) is 6.37. The van der Waals surface area contributed by atoms with Crippen molar-refractivity contribution in [3.63, 3.8) is 0 Å². The van der Waals surface area contributed by atoms with Crippen molar-refractivity contribution in [2.24, 2.45) is 5.73 Å². The number of carbonyl (C=O) groups is 6. The third kappa shape index (κ3) is 14.5. The number of carbonyl (C=O) groups excluding carboxylic acids is 6. The van der Waals surface area contributed by atoms with Crippen LogP contribution < -0.4 is 53.6 Å². The normalized spacial score (nSPS) is 18.2. The number of nitrogens with one attached hydrogen (secondary N) is 9. The molecule has 12 N–H and O–H groups in total. The second-order valence-electron chi connectivity index (χ2n) is 13.9. The Morgan fingerprint density at radius 1 is 0.804 bits per heavy atom. The molecule has 6 amide bonds. The molecule has 56 heavy (non-hydrogen) atoms. The van der Waals surface area contributed by atoms with Gasteiger partial charge in [0.1, 0.15) is 29.9 Å². The van der Waals surface area contributed by atoms with E-state index in [0.717, 1.165) is 11.1 Å². The van der Waals surface area contributed by atoms with Crippen LogP contribution in [0.1, 0.15) is 49.7 Å². The van der Waals surface area contributed by atoms with Crippen molar-refractivity contribution in [3.05, 3.63) is 53.6 Å². The molecule has 17 nitrogen and oxygen atoms in total. The Morgan fingerprint density at radius 3 is 2.21 bits per heavy atom. The zero-order chi connectivity index (χ0) is 41.0. The fraction of sp³-hybridized carbons (Fsp3) is 0.538. The topological polar surface area (TPSA) is 257 Å². The van der Waals surface area contributed by atoms with Crippen molar-refractivity contribution >= 4 is 35.4 Å². The maximum Gasteiger partial charge on any atom is 0.243 e. The monoisotopic (exact) mass is 780 g/mol. The maximum atomic E-state index is 14.2. The molecule has 17 heteroatoms. The minimum absolute atomic E-state index is 0.0310. The van der Waals surface area contributed by atoms with Crippen LogP contribution in [-0.4, -0.2) is 125 Å². The lowest BCUT2D eigenvalue weighted by Crippen LogP contribution is -2.59. The fourth-order valence-electron chi connectivity index (χ4n) is 6.37. The summed E-state index contributed by atoms with van der Waals surface area (Å²) in [4.78, 5) is 80.3. The van der Waals surface area contributed by atoms with Gasteiger partial charge in [0.25, 0.3) is 0 Å². The molecule has 0 aromatic heterocycles. The quantitative estimate of drug-likeness (QED) is 0.0675. The van der Waals surface area contributed by atoms with E-state index in [9.17, 15) is 33.9 Å². The summed E-state index contributed by atoms with van der Waals surface area (Å²) >= 11 is 0. The molecule has 0 aliphatic carbocycles. The van der Waals surface area contributed by atoms with Gasteiger partial charge >= 0.3 is 0 Å². The lowest BCUT2D eigenvalue weighted by atomic mass is 9.95. The van der Waals surface area contributed by atoms with Crippen molar-refractivity contribution in [1.82, 2.24) is 47.9 Å². The Labute approximate surface area is 328 Å². The van der Waals surface area contributed by atoms with Gasteiger partial charge in [-0.1, -0.05) is 30.3 Å². The highest BCUT2D eigenvalue weighted by molar-refractivity contribution is 5.96. The lowest BCUT2D eigenvalue weighted by Gasteiger charge is -2.27. The van der Waals surface area contributed by atoms with Crippen LogP contribution in [0.25, 0.3) is 11.1 Å². The van der Waals surface area contributed by atoms with Gasteiger partial charge in [0.15, 0.2) is 0 Å². The first-order valence-electron chi connectivity index (χ1n) is 19.2. The van der Waals surface area contributed by atoms with Gasteiger partial charge in [0.05, 0.1) is 6.04 Å². The Kier molecular flexibility index (Phi) is 19.2. The minimum atomic E-state index is -1.19. The van der Waals surface area contributed by atoms with E-state index in [1.165, 1.54) is 0 Å². The molecule has 0 fully saturated rings. The molecule has 0 radical (unpaired) electrons. The van der Waals surface area contributed by atoms with Crippen molar-refractivity contribution in [2.75, 3.05) is 54.4 Å². The first kappa shape index (κ1) is 45.3. The van der Waals surface area contributed by atoms with Gasteiger partial charge in [-0.2, -0.15) is 0 Å². The Bertz CT molecular complexity index is 1640. The second kappa shape index (κ2) is 23.7. The molecule has 0 saturated heterocycles. The molecule has 2 aromatic carbocycles. The summed E-state index contributed by atoms with van der Waals surface area (Å²) in [6, 6.07) is 7.27. The van der Waals surface area contributed by atoms with E-state index in [1.54, 1.807) is 40.3 Å². The van der Waals surface area contributed by atoms with E-state index < -0.39 is 59.7 Å². The van der Waals surface area contributed by atoms with Gasteiger partial charge in [-0.05, 0) is 108 Å². The zero-order valence-electron chi connectivity index (χ0n) is 32.9. The molecule has 1 aliphatic rings. The van der Waals surface area contributed by atoms with E-state index in [2.05, 4.69) is 47.9 Å². The summed E-state index contributed by atoms with van der Waals surface area (Å²) in [6.07, 6.45) is 1.53. The van der Waals surface area contributed by atoms with Crippen molar-refractivity contribution in [2.45, 2.75) is 81.6 Å². The molecule has 4 bridgehead atoms. The number of primary amides is 1. The minimum Gasteiger partial charge on any atom is -0.508 e. The number of benzene rings is 2. The number of hydrogen-bond donors (Lipinski definition) is 11. The van der Waals surface area contributed by atoms with Crippen LogP contribution in [0.3, 0.4) is 0 Å². The number of hydrogen-bond acceptors (Lipinski definition) is 11. The van der Waals surface area contributed by atoms with Gasteiger partial charge in [0.2, 0.25) is 35.4 Å². The van der Waals surface area contributed by atoms with Crippen LogP contribution in [0, 0.1) is 0 Å². The molecule has 0 spiro atoms. The average Bonchev–Trinajstić information content (AvgIpc) is 3.17. The van der Waals surface area contributed by atoms with Crippen molar-refractivity contribution in [3.8, 4) is 16.9 Å². The highest BCUT2D eigenvalue weighted by Crippen LogP contribution is 2.28. The van der Waals surface area contributed by atoms with E-state index in [-0.39, 0.29) is 50.2 Å². The molecular formula is C39H60N10O7. The van der Waals surface area contributed by atoms with Gasteiger partial charge in [-0.3, -0.25) is 28.8 Å². The predicted molar refractivity (Wildman–Crippen MR) is 213 cm³/mol. The maximum absolute atomic E-state index is 14.2. The van der Waals surface area contributed by atoms with E-state index in [1.807, 2.05) is 30.3 Å². The summed E-state index contributed by atoms with van der Waals surface area (Å²) in [7, 11) is 6.90. The highest BCUT2D eigenvalue weighted by atomic mass is 16.3. The molecule has 1 aliphatic heterocycles. The lowest BCUT2D eigenvalue weighted by molar-refractivity contribution is -0.134. The Morgan fingerprint density at radius 2 is 1.52 bits per heavy atom. The number of phenolic OH excluding ortho intramolecular Hbond substituents is 1. The van der Waals surface area contributed by atoms with Crippen LogP contribution >= 0.6 is 0 Å². The highest BCUT2D eigenvalue weighted by Gasteiger charge is 2.32. The van der Waals surface area contributed by atoms with Crippen LogP contribution in [0.4, 0.5) is 0 Å². The Balaban J connectivity index is 1.96. The van der Waals surface area contributed by atoms with Crippen molar-refractivity contribution < 1.29 is 33.9 Å². The average molecular weight is 781 g/mol. The van der Waals surface area contributed by atoms with Crippen LogP contribution in [0.15, 0.2) is 42.5 Å². The van der Waals surface area contributed by atoms with Crippen LogP contribution in [-0.2, 0) is 41.6 Å².